The summed E-state index contributed by atoms with van der Waals surface area (Å²) in [6, 6.07) is 10.6. The summed E-state index contributed by atoms with van der Waals surface area (Å²) in [5.74, 6) is 0.108. The number of nitriles is 1. The van der Waals surface area contributed by atoms with Gasteiger partial charge in [0.2, 0.25) is 5.78 Å². The highest BCUT2D eigenvalue weighted by atomic mass is 35.5. The van der Waals surface area contributed by atoms with Crippen molar-refractivity contribution < 1.29 is 9.59 Å². The molecule has 170 valence electrons. The molecular formula is C26H25Cl2N3O2. The number of hydrogen-bond acceptors (Lipinski definition) is 3. The van der Waals surface area contributed by atoms with Crippen molar-refractivity contribution in [3.05, 3.63) is 68.3 Å². The lowest BCUT2D eigenvalue weighted by atomic mass is 9.94. The van der Waals surface area contributed by atoms with E-state index in [-0.39, 0.29) is 27.3 Å². The molecule has 0 aliphatic carbocycles. The monoisotopic (exact) mass is 481 g/mol. The van der Waals surface area contributed by atoms with Crippen molar-refractivity contribution in [2.75, 3.05) is 13.1 Å². The average Bonchev–Trinajstić information content (AvgIpc) is 3.15. The first-order valence-electron chi connectivity index (χ1n) is 11.1. The molecule has 3 aromatic rings. The number of carbonyl (C=O) groups excluding carboxylic acids is 2. The zero-order valence-electron chi connectivity index (χ0n) is 18.9. The first-order valence-corrected chi connectivity index (χ1v) is 11.8. The van der Waals surface area contributed by atoms with Crippen LogP contribution in [0.3, 0.4) is 0 Å². The highest BCUT2D eigenvalue weighted by molar-refractivity contribution is 6.42. The Kier molecular flexibility index (Phi) is 6.52. The van der Waals surface area contributed by atoms with Crippen LogP contribution >= 0.6 is 23.2 Å². The zero-order chi connectivity index (χ0) is 23.9. The maximum atomic E-state index is 13.6. The number of likely N-dealkylation sites (tertiary alicyclic amines) is 1. The van der Waals surface area contributed by atoms with Crippen molar-refractivity contribution in [3.8, 4) is 6.07 Å². The van der Waals surface area contributed by atoms with Crippen LogP contribution in [0, 0.1) is 24.2 Å². The molecule has 0 saturated carbocycles. The van der Waals surface area contributed by atoms with E-state index in [4.69, 9.17) is 23.2 Å². The number of halogens is 2. The Labute approximate surface area is 203 Å². The number of nitrogens with zero attached hydrogens (tertiary/aromatic N) is 3. The lowest BCUT2D eigenvalue weighted by molar-refractivity contribution is 0.0689. The fraction of sp³-hybridized carbons (Fsp3) is 0.346. The quantitative estimate of drug-likeness (QED) is 0.419. The molecule has 1 aliphatic rings. The Bertz CT molecular complexity index is 1310. The minimum absolute atomic E-state index is 0.0785. The van der Waals surface area contributed by atoms with Crippen molar-refractivity contribution in [3.63, 3.8) is 0 Å². The minimum atomic E-state index is -0.360. The molecule has 5 nitrogen and oxygen atoms in total. The summed E-state index contributed by atoms with van der Waals surface area (Å²) in [7, 11) is 1.77. The van der Waals surface area contributed by atoms with E-state index in [1.807, 2.05) is 6.92 Å². The van der Waals surface area contributed by atoms with Gasteiger partial charge in [-0.15, -0.1) is 0 Å². The van der Waals surface area contributed by atoms with Crippen LogP contribution in [0.2, 0.25) is 10.0 Å². The zero-order valence-corrected chi connectivity index (χ0v) is 20.4. The van der Waals surface area contributed by atoms with Gasteiger partial charge in [0, 0.05) is 31.0 Å². The molecule has 0 spiro atoms. The summed E-state index contributed by atoms with van der Waals surface area (Å²) >= 11 is 13.1. The van der Waals surface area contributed by atoms with Crippen LogP contribution in [-0.4, -0.2) is 34.2 Å². The van der Waals surface area contributed by atoms with E-state index < -0.39 is 0 Å². The van der Waals surface area contributed by atoms with Gasteiger partial charge < -0.3 is 9.47 Å². The standard InChI is InChI=1S/C26H25Cl2N3O2/c1-4-16-7-9-31(10-8-16)26(33)18-5-6-20(27)23(24(18)28)25(32)22-13-19-15(2)11-17(14-29)12-21(19)30(22)3/h5-6,11-13,16H,4,7-10H2,1-3H3. The summed E-state index contributed by atoms with van der Waals surface area (Å²) in [6.45, 7) is 5.44. The van der Waals surface area contributed by atoms with Crippen LogP contribution in [0.15, 0.2) is 30.3 Å². The molecule has 7 heteroatoms. The lowest BCUT2D eigenvalue weighted by Crippen LogP contribution is -2.38. The second-order valence-corrected chi connectivity index (χ2v) is 9.47. The maximum absolute atomic E-state index is 13.6. The summed E-state index contributed by atoms with van der Waals surface area (Å²) in [5.41, 5.74) is 3.00. The van der Waals surface area contributed by atoms with Crippen LogP contribution in [-0.2, 0) is 7.05 Å². The summed E-state index contributed by atoms with van der Waals surface area (Å²) in [4.78, 5) is 28.6. The summed E-state index contributed by atoms with van der Waals surface area (Å²) in [6.07, 6.45) is 3.06. The number of carbonyl (C=O) groups is 2. The van der Waals surface area contributed by atoms with Gasteiger partial charge in [-0.05, 0) is 61.6 Å². The van der Waals surface area contributed by atoms with E-state index in [2.05, 4.69) is 13.0 Å². The summed E-state index contributed by atoms with van der Waals surface area (Å²) < 4.78 is 1.74. The van der Waals surface area contributed by atoms with Crippen molar-refractivity contribution >= 4 is 45.8 Å². The molecule has 2 heterocycles. The highest BCUT2D eigenvalue weighted by Crippen LogP contribution is 2.34. The van der Waals surface area contributed by atoms with Gasteiger partial charge in [-0.1, -0.05) is 36.5 Å². The molecule has 2 aromatic carbocycles. The van der Waals surface area contributed by atoms with Crippen molar-refractivity contribution in [1.82, 2.24) is 9.47 Å². The van der Waals surface area contributed by atoms with Crippen LogP contribution < -0.4 is 0 Å². The largest absolute Gasteiger partial charge is 0.341 e. The Hall–Kier alpha value is -2.81. The SMILES string of the molecule is CCC1CCN(C(=O)c2ccc(Cl)c(C(=O)c3cc4c(C)cc(C#N)cc4n3C)c2Cl)CC1. The molecule has 1 amide bonds. The normalized spacial score (nSPS) is 14.5. The Morgan fingerprint density at radius 1 is 1.15 bits per heavy atom. The highest BCUT2D eigenvalue weighted by Gasteiger charge is 2.28. The van der Waals surface area contributed by atoms with Crippen molar-refractivity contribution in [2.45, 2.75) is 33.1 Å². The van der Waals surface area contributed by atoms with Gasteiger partial charge in [0.05, 0.1) is 38.5 Å². The smallest absolute Gasteiger partial charge is 0.255 e. The molecule has 1 aromatic heterocycles. The third kappa shape index (κ3) is 4.14. The topological polar surface area (TPSA) is 66.1 Å². The van der Waals surface area contributed by atoms with Crippen molar-refractivity contribution in [1.29, 1.82) is 5.26 Å². The van der Waals surface area contributed by atoms with Gasteiger partial charge in [0.1, 0.15) is 0 Å². The number of fused-ring (bicyclic) bond motifs is 1. The molecule has 0 bridgehead atoms. The number of ketones is 1. The number of aromatic nitrogens is 1. The fourth-order valence-corrected chi connectivity index (χ4v) is 5.28. The van der Waals surface area contributed by atoms with Gasteiger partial charge in [0.25, 0.3) is 5.91 Å². The molecule has 4 rings (SSSR count). The number of piperidine rings is 1. The first-order chi connectivity index (χ1) is 15.8. The molecule has 0 N–H and O–H groups in total. The van der Waals surface area contributed by atoms with Crippen LogP contribution in [0.4, 0.5) is 0 Å². The van der Waals surface area contributed by atoms with Gasteiger partial charge in [0.15, 0.2) is 0 Å². The number of amides is 1. The van der Waals surface area contributed by atoms with Gasteiger partial charge in [-0.3, -0.25) is 9.59 Å². The Morgan fingerprint density at radius 3 is 2.48 bits per heavy atom. The van der Waals surface area contributed by atoms with Gasteiger partial charge in [-0.2, -0.15) is 5.26 Å². The molecular weight excluding hydrogens is 457 g/mol. The number of hydrogen-bond donors (Lipinski definition) is 0. The minimum Gasteiger partial charge on any atom is -0.341 e. The average molecular weight is 482 g/mol. The third-order valence-corrected chi connectivity index (χ3v) is 7.47. The summed E-state index contributed by atoms with van der Waals surface area (Å²) in [5, 5.41) is 10.5. The molecule has 33 heavy (non-hydrogen) atoms. The Morgan fingerprint density at radius 2 is 1.85 bits per heavy atom. The second-order valence-electron chi connectivity index (χ2n) is 8.68. The van der Waals surface area contributed by atoms with Crippen LogP contribution in [0.5, 0.6) is 0 Å². The maximum Gasteiger partial charge on any atom is 0.255 e. The van der Waals surface area contributed by atoms with E-state index in [1.54, 1.807) is 46.8 Å². The van der Waals surface area contributed by atoms with Crippen molar-refractivity contribution in [2.24, 2.45) is 13.0 Å². The molecule has 1 fully saturated rings. The third-order valence-electron chi connectivity index (χ3n) is 6.76. The number of rotatable bonds is 4. The predicted octanol–water partition coefficient (Wildman–Crippen LogP) is 6.16. The Balaban J connectivity index is 1.74. The van der Waals surface area contributed by atoms with Crippen LogP contribution in [0.25, 0.3) is 10.9 Å². The second kappa shape index (κ2) is 9.21. The number of aryl methyl sites for hydroxylation is 2. The van der Waals surface area contributed by atoms with E-state index in [0.717, 1.165) is 35.7 Å². The van der Waals surface area contributed by atoms with Crippen LogP contribution in [0.1, 0.15) is 63.7 Å². The molecule has 0 atom stereocenters. The fourth-order valence-electron chi connectivity index (χ4n) is 4.66. The molecule has 1 saturated heterocycles. The van der Waals surface area contributed by atoms with E-state index in [9.17, 15) is 14.9 Å². The molecule has 0 radical (unpaired) electrons. The van der Waals surface area contributed by atoms with E-state index in [1.165, 1.54) is 0 Å². The molecule has 0 unspecified atom stereocenters. The van der Waals surface area contributed by atoms with E-state index >= 15 is 0 Å². The number of benzene rings is 2. The first kappa shape index (κ1) is 23.4. The molecule has 1 aliphatic heterocycles. The van der Waals surface area contributed by atoms with Gasteiger partial charge >= 0.3 is 0 Å². The van der Waals surface area contributed by atoms with Gasteiger partial charge in [-0.25, -0.2) is 0 Å². The van der Waals surface area contributed by atoms with E-state index in [0.29, 0.717) is 35.8 Å². The lowest BCUT2D eigenvalue weighted by Gasteiger charge is -2.32. The predicted molar refractivity (Wildman–Crippen MR) is 131 cm³/mol.